The second-order valence-corrected chi connectivity index (χ2v) is 6.64. The van der Waals surface area contributed by atoms with Gasteiger partial charge in [-0.05, 0) is 46.1 Å². The summed E-state index contributed by atoms with van der Waals surface area (Å²) in [5.74, 6) is 0. The molecule has 0 spiro atoms. The molecule has 2 aromatic rings. The Labute approximate surface area is 138 Å². The lowest BCUT2D eigenvalue weighted by molar-refractivity contribution is 0.634. The molecule has 1 unspecified atom stereocenters. The van der Waals surface area contributed by atoms with Gasteiger partial charge in [-0.3, -0.25) is 0 Å². The van der Waals surface area contributed by atoms with E-state index in [0.29, 0.717) is 6.04 Å². The molecular formula is C17H19Br2N. The van der Waals surface area contributed by atoms with E-state index in [4.69, 9.17) is 0 Å². The van der Waals surface area contributed by atoms with Crippen molar-refractivity contribution in [3.05, 3.63) is 63.0 Å². The summed E-state index contributed by atoms with van der Waals surface area (Å²) in [6.07, 6.45) is 3.57. The molecule has 0 saturated carbocycles. The van der Waals surface area contributed by atoms with Crippen molar-refractivity contribution in [2.24, 2.45) is 0 Å². The van der Waals surface area contributed by atoms with Gasteiger partial charge in [0, 0.05) is 8.95 Å². The lowest BCUT2D eigenvalue weighted by Gasteiger charge is -2.21. The zero-order valence-corrected chi connectivity index (χ0v) is 14.7. The van der Waals surface area contributed by atoms with E-state index in [-0.39, 0.29) is 0 Å². The molecule has 1 N–H and O–H groups in total. The third-order valence-electron chi connectivity index (χ3n) is 3.31. The van der Waals surface area contributed by atoms with Gasteiger partial charge in [0.05, 0.1) is 11.7 Å². The van der Waals surface area contributed by atoms with E-state index < -0.39 is 0 Å². The van der Waals surface area contributed by atoms with Crippen molar-refractivity contribution < 1.29 is 0 Å². The van der Waals surface area contributed by atoms with E-state index in [1.807, 2.05) is 6.07 Å². The Morgan fingerprint density at radius 3 is 2.50 bits per heavy atom. The number of unbranched alkanes of at least 4 members (excludes halogenated alkanes) is 1. The van der Waals surface area contributed by atoms with Crippen molar-refractivity contribution in [3.8, 4) is 0 Å². The van der Waals surface area contributed by atoms with Gasteiger partial charge in [0.1, 0.15) is 0 Å². The maximum Gasteiger partial charge on any atom is 0.0514 e. The lowest BCUT2D eigenvalue weighted by Crippen LogP contribution is -2.11. The first-order valence-electron chi connectivity index (χ1n) is 6.97. The van der Waals surface area contributed by atoms with Crippen LogP contribution >= 0.6 is 31.9 Å². The fraction of sp³-hybridized carbons (Fsp3) is 0.294. The smallest absolute Gasteiger partial charge is 0.0514 e. The highest BCUT2D eigenvalue weighted by Gasteiger charge is 2.12. The van der Waals surface area contributed by atoms with Crippen molar-refractivity contribution in [2.75, 3.05) is 5.32 Å². The van der Waals surface area contributed by atoms with Crippen molar-refractivity contribution in [1.82, 2.24) is 0 Å². The Morgan fingerprint density at radius 2 is 1.80 bits per heavy atom. The number of rotatable bonds is 6. The highest BCUT2D eigenvalue weighted by molar-refractivity contribution is 9.11. The monoisotopic (exact) mass is 395 g/mol. The van der Waals surface area contributed by atoms with Crippen LogP contribution in [0.25, 0.3) is 0 Å². The first kappa shape index (κ1) is 15.6. The van der Waals surface area contributed by atoms with Gasteiger partial charge in [-0.15, -0.1) is 0 Å². The zero-order chi connectivity index (χ0) is 14.4. The Balaban J connectivity index is 2.21. The van der Waals surface area contributed by atoms with Gasteiger partial charge >= 0.3 is 0 Å². The van der Waals surface area contributed by atoms with Crippen LogP contribution in [0, 0.1) is 0 Å². The molecule has 0 amide bonds. The standard InChI is InChI=1S/C17H19Br2N/c1-2-3-9-16(13-7-5-4-6-8-13)20-17-12-14(18)10-11-15(17)19/h4-8,10-12,16,20H,2-3,9H2,1H3. The molecule has 20 heavy (non-hydrogen) atoms. The Morgan fingerprint density at radius 1 is 1.05 bits per heavy atom. The van der Waals surface area contributed by atoms with Crippen LogP contribution in [0.3, 0.4) is 0 Å². The van der Waals surface area contributed by atoms with Gasteiger partial charge in [0.25, 0.3) is 0 Å². The Kier molecular flexibility index (Phi) is 6.11. The molecule has 0 heterocycles. The average Bonchev–Trinajstić information content (AvgIpc) is 2.48. The summed E-state index contributed by atoms with van der Waals surface area (Å²) in [6, 6.07) is 17.2. The van der Waals surface area contributed by atoms with Crippen molar-refractivity contribution >= 4 is 37.5 Å². The quantitative estimate of drug-likeness (QED) is 0.583. The Bertz CT molecular complexity index is 540. The molecule has 0 saturated heterocycles. The van der Waals surface area contributed by atoms with Crippen molar-refractivity contribution in [3.63, 3.8) is 0 Å². The predicted molar refractivity (Wildman–Crippen MR) is 94.2 cm³/mol. The van der Waals surface area contributed by atoms with Crippen molar-refractivity contribution in [2.45, 2.75) is 32.2 Å². The highest BCUT2D eigenvalue weighted by Crippen LogP contribution is 2.31. The van der Waals surface area contributed by atoms with Gasteiger partial charge < -0.3 is 5.32 Å². The lowest BCUT2D eigenvalue weighted by atomic mass is 10.0. The third kappa shape index (κ3) is 4.35. The van der Waals surface area contributed by atoms with Crippen LogP contribution in [0.4, 0.5) is 5.69 Å². The number of anilines is 1. The van der Waals surface area contributed by atoms with Crippen LogP contribution in [0.2, 0.25) is 0 Å². The highest BCUT2D eigenvalue weighted by atomic mass is 79.9. The summed E-state index contributed by atoms with van der Waals surface area (Å²) >= 11 is 7.15. The molecule has 106 valence electrons. The van der Waals surface area contributed by atoms with E-state index in [1.165, 1.54) is 18.4 Å². The molecule has 0 bridgehead atoms. The minimum atomic E-state index is 0.349. The molecule has 1 nitrogen and oxygen atoms in total. The topological polar surface area (TPSA) is 12.0 Å². The average molecular weight is 397 g/mol. The van der Waals surface area contributed by atoms with Crippen LogP contribution in [-0.4, -0.2) is 0 Å². The van der Waals surface area contributed by atoms with Crippen LogP contribution in [0.1, 0.15) is 37.8 Å². The predicted octanol–water partition coefficient (Wildman–Crippen LogP) is 6.56. The van der Waals surface area contributed by atoms with Crippen molar-refractivity contribution in [1.29, 1.82) is 0 Å². The van der Waals surface area contributed by atoms with Crippen LogP contribution in [-0.2, 0) is 0 Å². The van der Waals surface area contributed by atoms with Crippen LogP contribution in [0.15, 0.2) is 57.5 Å². The number of benzene rings is 2. The molecule has 1 atom stereocenters. The molecule has 2 rings (SSSR count). The molecule has 2 aromatic carbocycles. The van der Waals surface area contributed by atoms with E-state index in [1.54, 1.807) is 0 Å². The summed E-state index contributed by atoms with van der Waals surface area (Å²) in [5.41, 5.74) is 2.47. The Hall–Kier alpha value is -0.800. The minimum absolute atomic E-state index is 0.349. The number of nitrogens with one attached hydrogen (secondary N) is 1. The largest absolute Gasteiger partial charge is 0.377 e. The van der Waals surface area contributed by atoms with Gasteiger partial charge in [-0.1, -0.05) is 66.0 Å². The maximum atomic E-state index is 3.66. The molecule has 0 aliphatic carbocycles. The summed E-state index contributed by atoms with van der Waals surface area (Å²) in [7, 11) is 0. The normalized spacial score (nSPS) is 12.2. The first-order chi connectivity index (χ1) is 9.70. The molecule has 0 fully saturated rings. The molecule has 0 aliphatic heterocycles. The summed E-state index contributed by atoms with van der Waals surface area (Å²) in [5, 5.41) is 3.66. The minimum Gasteiger partial charge on any atom is -0.377 e. The number of hydrogen-bond acceptors (Lipinski definition) is 1. The third-order valence-corrected chi connectivity index (χ3v) is 4.49. The second kappa shape index (κ2) is 7.84. The van der Waals surface area contributed by atoms with Gasteiger partial charge in [0.15, 0.2) is 0 Å². The van der Waals surface area contributed by atoms with Crippen LogP contribution < -0.4 is 5.32 Å². The maximum absolute atomic E-state index is 3.66. The van der Waals surface area contributed by atoms with Crippen LogP contribution in [0.5, 0.6) is 0 Å². The molecule has 0 aliphatic rings. The van der Waals surface area contributed by atoms with E-state index in [2.05, 4.69) is 86.6 Å². The fourth-order valence-electron chi connectivity index (χ4n) is 2.21. The first-order valence-corrected chi connectivity index (χ1v) is 8.56. The SMILES string of the molecule is CCCCC(Nc1cc(Br)ccc1Br)c1ccccc1. The number of halogens is 2. The summed E-state index contributed by atoms with van der Waals surface area (Å²) in [6.45, 7) is 2.23. The van der Waals surface area contributed by atoms with Gasteiger partial charge in [-0.25, -0.2) is 0 Å². The van der Waals surface area contributed by atoms with E-state index in [0.717, 1.165) is 21.1 Å². The van der Waals surface area contributed by atoms with E-state index >= 15 is 0 Å². The fourth-order valence-corrected chi connectivity index (χ4v) is 2.93. The molecule has 0 aromatic heterocycles. The molecule has 0 radical (unpaired) electrons. The second-order valence-electron chi connectivity index (χ2n) is 4.87. The zero-order valence-electron chi connectivity index (χ0n) is 11.6. The number of hydrogen-bond donors (Lipinski definition) is 1. The van der Waals surface area contributed by atoms with E-state index in [9.17, 15) is 0 Å². The summed E-state index contributed by atoms with van der Waals surface area (Å²) in [4.78, 5) is 0. The molecule has 3 heteroatoms. The van der Waals surface area contributed by atoms with Gasteiger partial charge in [-0.2, -0.15) is 0 Å². The molecular weight excluding hydrogens is 378 g/mol. The van der Waals surface area contributed by atoms with Gasteiger partial charge in [0.2, 0.25) is 0 Å². The summed E-state index contributed by atoms with van der Waals surface area (Å²) < 4.78 is 2.18.